The van der Waals surface area contributed by atoms with Crippen LogP contribution in [0.5, 0.6) is 5.75 Å². The third-order valence-corrected chi connectivity index (χ3v) is 14.4. The van der Waals surface area contributed by atoms with Crippen molar-refractivity contribution >= 4 is 5.97 Å². The molecule has 5 rings (SSSR count). The summed E-state index contributed by atoms with van der Waals surface area (Å²) in [5.41, 5.74) is 8.00. The van der Waals surface area contributed by atoms with Crippen LogP contribution < -0.4 is 0 Å². The molecule has 2 fully saturated rings. The van der Waals surface area contributed by atoms with E-state index in [-0.39, 0.29) is 33.7 Å². The van der Waals surface area contributed by atoms with Gasteiger partial charge in [0.15, 0.2) is 0 Å². The third-order valence-electron chi connectivity index (χ3n) is 14.4. The maximum Gasteiger partial charge on any atom is 0.306 e. The van der Waals surface area contributed by atoms with Crippen molar-refractivity contribution in [2.45, 2.75) is 221 Å². The molecule has 3 aromatic rings. The normalized spacial score (nSPS) is 15.7. The molecule has 0 bridgehead atoms. The predicted octanol–water partition coefficient (Wildman–Crippen LogP) is 16.0. The molecule has 0 radical (unpaired) electrons. The van der Waals surface area contributed by atoms with Gasteiger partial charge in [-0.05, 0) is 88.8 Å². The zero-order chi connectivity index (χ0) is 49.5. The molecule has 2 aliphatic rings. The van der Waals surface area contributed by atoms with Gasteiger partial charge in [0.05, 0.1) is 59.0 Å². The van der Waals surface area contributed by atoms with Crippen LogP contribution in [0.2, 0.25) is 0 Å². The summed E-state index contributed by atoms with van der Waals surface area (Å²) in [5, 5.41) is 10.9. The fourth-order valence-corrected chi connectivity index (χ4v) is 9.12. The standard InChI is InChI=1S/C35H62O3.C26H34O4/c1-9-10-11-12-13-14-15-16-17-18-19-20-21-22-23-28(2)38-32(36)25-24-29-26-30(34(3,4)5)33(37)31(27-29)35(6,7)8;1-3-25(17-29-18-25)15-27-13-21-5-9-23(10-6-21)24-11-7-22(8-12-24)14-28-16-26(4-2)19-30-20-26/h26-28,37H,9-25H2,1-8H3;5-12H,3-4,13-20H2,1-2H3. The summed E-state index contributed by atoms with van der Waals surface area (Å²) >= 11 is 0. The lowest BCUT2D eigenvalue weighted by molar-refractivity contribution is -0.152. The summed E-state index contributed by atoms with van der Waals surface area (Å²) < 4.78 is 28.4. The van der Waals surface area contributed by atoms with Gasteiger partial charge in [0.1, 0.15) is 5.75 Å². The van der Waals surface area contributed by atoms with E-state index in [1.54, 1.807) is 0 Å². The molecule has 0 amide bonds. The molecule has 3 aromatic carbocycles. The van der Waals surface area contributed by atoms with Gasteiger partial charge < -0.3 is 28.8 Å². The maximum atomic E-state index is 12.5. The third kappa shape index (κ3) is 19.9. The molecule has 2 heterocycles. The number of carbonyl (C=O) groups is 1. The first-order valence-corrected chi connectivity index (χ1v) is 27.1. The second kappa shape index (κ2) is 29.2. The minimum Gasteiger partial charge on any atom is -0.507 e. The largest absolute Gasteiger partial charge is 0.507 e. The quantitative estimate of drug-likeness (QED) is 0.0526. The van der Waals surface area contributed by atoms with Crippen molar-refractivity contribution in [3.8, 4) is 16.9 Å². The summed E-state index contributed by atoms with van der Waals surface area (Å²) in [6.45, 7) is 27.6. The van der Waals surface area contributed by atoms with E-state index in [2.05, 4.69) is 123 Å². The first-order chi connectivity index (χ1) is 32.5. The first-order valence-electron chi connectivity index (χ1n) is 27.1. The number of rotatable bonds is 30. The van der Waals surface area contributed by atoms with Gasteiger partial charge >= 0.3 is 5.97 Å². The molecular formula is C61H96O7. The fraction of sp³-hybridized carbons (Fsp3) is 0.689. The minimum atomic E-state index is -0.164. The maximum absolute atomic E-state index is 12.5. The van der Waals surface area contributed by atoms with Crippen LogP contribution in [0.3, 0.4) is 0 Å². The summed E-state index contributed by atoms with van der Waals surface area (Å²) in [5.74, 6) is 0.267. The molecule has 1 unspecified atom stereocenters. The number of esters is 1. The van der Waals surface area contributed by atoms with Crippen molar-refractivity contribution in [2.24, 2.45) is 10.8 Å². The van der Waals surface area contributed by atoms with Crippen molar-refractivity contribution in [1.82, 2.24) is 0 Å². The molecule has 68 heavy (non-hydrogen) atoms. The fourth-order valence-electron chi connectivity index (χ4n) is 9.12. The lowest BCUT2D eigenvalue weighted by Gasteiger charge is -2.40. The highest BCUT2D eigenvalue weighted by Gasteiger charge is 2.38. The van der Waals surface area contributed by atoms with Crippen LogP contribution >= 0.6 is 0 Å². The number of hydrogen-bond donors (Lipinski definition) is 1. The molecule has 2 saturated heterocycles. The number of unbranched alkanes of at least 4 members (excludes halogenated alkanes) is 13. The Bertz CT molecular complexity index is 1730. The first kappa shape index (κ1) is 57.3. The number of ether oxygens (including phenoxy) is 5. The van der Waals surface area contributed by atoms with Gasteiger partial charge in [-0.2, -0.15) is 0 Å². The van der Waals surface area contributed by atoms with Gasteiger partial charge in [-0.1, -0.05) is 206 Å². The minimum absolute atomic E-state index is 0.0186. The molecule has 7 nitrogen and oxygen atoms in total. The van der Waals surface area contributed by atoms with Crippen LogP contribution in [0.4, 0.5) is 0 Å². The number of carbonyl (C=O) groups excluding carboxylic acids is 1. The Morgan fingerprint density at radius 3 is 1.31 bits per heavy atom. The van der Waals surface area contributed by atoms with E-state index in [0.717, 1.165) is 82.0 Å². The topological polar surface area (TPSA) is 83.5 Å². The summed E-state index contributed by atoms with van der Waals surface area (Å²) in [4.78, 5) is 12.5. The number of phenolic OH excluding ortho intramolecular Hbond substituents is 1. The Morgan fingerprint density at radius 2 is 0.971 bits per heavy atom. The average Bonchev–Trinajstić information content (AvgIpc) is 3.28. The number of hydrogen-bond acceptors (Lipinski definition) is 7. The Hall–Kier alpha value is -3.23. The Morgan fingerprint density at radius 1 is 0.588 bits per heavy atom. The molecule has 0 spiro atoms. The van der Waals surface area contributed by atoms with E-state index in [4.69, 9.17) is 23.7 Å². The van der Waals surface area contributed by atoms with E-state index in [0.29, 0.717) is 31.8 Å². The molecule has 0 saturated carbocycles. The second-order valence-corrected chi connectivity index (χ2v) is 22.8. The van der Waals surface area contributed by atoms with Crippen LogP contribution in [-0.4, -0.2) is 56.8 Å². The van der Waals surface area contributed by atoms with E-state index in [9.17, 15) is 9.90 Å². The van der Waals surface area contributed by atoms with Crippen LogP contribution in [0, 0.1) is 10.8 Å². The number of aromatic hydroxyl groups is 1. The van der Waals surface area contributed by atoms with Gasteiger partial charge in [0, 0.05) is 17.3 Å². The average molecular weight is 941 g/mol. The predicted molar refractivity (Wildman–Crippen MR) is 283 cm³/mol. The number of aryl methyl sites for hydroxylation is 1. The van der Waals surface area contributed by atoms with Crippen LogP contribution in [-0.2, 0) is 58.9 Å². The van der Waals surface area contributed by atoms with Gasteiger partial charge in [0.25, 0.3) is 0 Å². The molecule has 382 valence electrons. The van der Waals surface area contributed by atoms with E-state index in [1.165, 1.54) is 106 Å². The van der Waals surface area contributed by atoms with Crippen molar-refractivity contribution in [3.05, 3.63) is 88.5 Å². The Balaban J connectivity index is 0.000000303. The van der Waals surface area contributed by atoms with Crippen molar-refractivity contribution in [1.29, 1.82) is 0 Å². The Labute approximate surface area is 415 Å². The summed E-state index contributed by atoms with van der Waals surface area (Å²) in [6, 6.07) is 21.5. The zero-order valence-electron chi connectivity index (χ0n) is 44.8. The van der Waals surface area contributed by atoms with Gasteiger partial charge in [0.2, 0.25) is 0 Å². The number of benzene rings is 3. The lowest BCUT2D eigenvalue weighted by atomic mass is 9.78. The monoisotopic (exact) mass is 941 g/mol. The van der Waals surface area contributed by atoms with E-state index in [1.807, 2.05) is 6.92 Å². The van der Waals surface area contributed by atoms with Gasteiger partial charge in [-0.3, -0.25) is 4.79 Å². The van der Waals surface area contributed by atoms with E-state index >= 15 is 0 Å². The van der Waals surface area contributed by atoms with Crippen molar-refractivity contribution < 1.29 is 33.6 Å². The SMILES string of the molecule is CCC1(COCc2ccc(-c3ccc(COCC4(CC)COC4)cc3)cc2)COC1.CCCCCCCCCCCCCCCCC(C)OC(=O)CCc1cc(C(C)(C)C)c(O)c(C(C)(C)C)c1. The highest BCUT2D eigenvalue weighted by atomic mass is 16.5. The molecular weight excluding hydrogens is 845 g/mol. The highest BCUT2D eigenvalue weighted by molar-refractivity contribution is 5.70. The summed E-state index contributed by atoms with van der Waals surface area (Å²) in [6.07, 6.45) is 23.2. The Kier molecular flexibility index (Phi) is 24.6. The van der Waals surface area contributed by atoms with E-state index < -0.39 is 0 Å². The van der Waals surface area contributed by atoms with Crippen LogP contribution in [0.15, 0.2) is 60.7 Å². The molecule has 1 atom stereocenters. The molecule has 2 aliphatic heterocycles. The van der Waals surface area contributed by atoms with Crippen LogP contribution in [0.25, 0.3) is 11.1 Å². The number of phenols is 1. The molecule has 1 N–H and O–H groups in total. The lowest BCUT2D eigenvalue weighted by Crippen LogP contribution is -2.45. The van der Waals surface area contributed by atoms with Crippen LogP contribution in [0.1, 0.15) is 213 Å². The molecule has 0 aromatic heterocycles. The van der Waals surface area contributed by atoms with Gasteiger partial charge in [-0.15, -0.1) is 0 Å². The second-order valence-electron chi connectivity index (χ2n) is 22.8. The molecule has 7 heteroatoms. The van der Waals surface area contributed by atoms with Crippen molar-refractivity contribution in [3.63, 3.8) is 0 Å². The zero-order valence-corrected chi connectivity index (χ0v) is 44.8. The summed E-state index contributed by atoms with van der Waals surface area (Å²) in [7, 11) is 0. The molecule has 0 aliphatic carbocycles. The smallest absolute Gasteiger partial charge is 0.306 e. The van der Waals surface area contributed by atoms with Crippen molar-refractivity contribution in [2.75, 3.05) is 39.6 Å². The highest BCUT2D eigenvalue weighted by Crippen LogP contribution is 2.40. The van der Waals surface area contributed by atoms with Gasteiger partial charge in [-0.25, -0.2) is 0 Å².